The minimum Gasteiger partial charge on any atom is -0.349 e. The van der Waals surface area contributed by atoms with Crippen LogP contribution in [0.25, 0.3) is 11.0 Å². The lowest BCUT2D eigenvalue weighted by Crippen LogP contribution is -2.41. The van der Waals surface area contributed by atoms with Gasteiger partial charge in [0.05, 0.1) is 17.1 Å². The van der Waals surface area contributed by atoms with Crippen molar-refractivity contribution in [2.45, 2.75) is 65.5 Å². The second kappa shape index (κ2) is 6.30. The summed E-state index contributed by atoms with van der Waals surface area (Å²) in [6.45, 7) is 8.30. The second-order valence-electron chi connectivity index (χ2n) is 7.07. The minimum atomic E-state index is 0.00237. The maximum absolute atomic E-state index is 12.8. The summed E-state index contributed by atoms with van der Waals surface area (Å²) in [4.78, 5) is 17.4. The number of hydrogen-bond donors (Lipinski definition) is 1. The first-order valence-corrected chi connectivity index (χ1v) is 8.63. The van der Waals surface area contributed by atoms with Gasteiger partial charge in [0.25, 0.3) is 5.91 Å². The van der Waals surface area contributed by atoms with Crippen molar-refractivity contribution in [1.29, 1.82) is 0 Å². The molecule has 5 heteroatoms. The number of rotatable bonds is 3. The van der Waals surface area contributed by atoms with Gasteiger partial charge in [-0.1, -0.05) is 19.8 Å². The molecule has 0 bridgehead atoms. The van der Waals surface area contributed by atoms with Gasteiger partial charge in [-0.3, -0.25) is 4.79 Å². The number of aryl methyl sites for hydroxylation is 1. The minimum absolute atomic E-state index is 0.00237. The highest BCUT2D eigenvalue weighted by atomic mass is 16.1. The number of pyridine rings is 1. The Morgan fingerprint density at radius 1 is 1.35 bits per heavy atom. The number of carbonyl (C=O) groups is 1. The number of aromatic nitrogens is 3. The Bertz CT molecular complexity index is 719. The molecule has 0 aromatic carbocycles. The van der Waals surface area contributed by atoms with Crippen molar-refractivity contribution in [2.75, 3.05) is 0 Å². The normalized spacial score (nSPS) is 21.8. The Hall–Kier alpha value is -1.91. The summed E-state index contributed by atoms with van der Waals surface area (Å²) in [5.41, 5.74) is 2.33. The molecule has 2 aromatic heterocycles. The fourth-order valence-electron chi connectivity index (χ4n) is 3.49. The quantitative estimate of drug-likeness (QED) is 0.941. The molecule has 23 heavy (non-hydrogen) atoms. The van der Waals surface area contributed by atoms with E-state index in [2.05, 4.69) is 36.2 Å². The van der Waals surface area contributed by atoms with E-state index in [0.717, 1.165) is 23.1 Å². The lowest BCUT2D eigenvalue weighted by Gasteiger charge is -2.29. The summed E-state index contributed by atoms with van der Waals surface area (Å²) in [5.74, 6) is 0.548. The zero-order valence-electron chi connectivity index (χ0n) is 14.5. The third-order valence-electron chi connectivity index (χ3n) is 4.86. The predicted molar refractivity (Wildman–Crippen MR) is 91.5 cm³/mol. The molecule has 2 atom stereocenters. The van der Waals surface area contributed by atoms with Crippen LogP contribution in [0.4, 0.5) is 0 Å². The average molecular weight is 314 g/mol. The van der Waals surface area contributed by atoms with Crippen molar-refractivity contribution in [1.82, 2.24) is 20.1 Å². The number of nitrogens with zero attached hydrogens (tertiary/aromatic N) is 3. The molecule has 1 fully saturated rings. The molecule has 2 heterocycles. The molecule has 0 radical (unpaired) electrons. The van der Waals surface area contributed by atoms with E-state index in [1.807, 2.05) is 17.7 Å². The predicted octanol–water partition coefficient (Wildman–Crippen LogP) is 3.63. The molecular weight excluding hydrogens is 288 g/mol. The molecule has 1 aliphatic carbocycles. The van der Waals surface area contributed by atoms with Gasteiger partial charge in [-0.15, -0.1) is 0 Å². The molecule has 0 aliphatic heterocycles. The topological polar surface area (TPSA) is 59.8 Å². The third kappa shape index (κ3) is 3.09. The van der Waals surface area contributed by atoms with E-state index < -0.39 is 0 Å². The van der Waals surface area contributed by atoms with Crippen LogP contribution in [0.1, 0.15) is 68.5 Å². The van der Waals surface area contributed by atoms with Gasteiger partial charge in [0.15, 0.2) is 5.65 Å². The van der Waals surface area contributed by atoms with Crippen molar-refractivity contribution in [3.8, 4) is 0 Å². The largest absolute Gasteiger partial charge is 0.349 e. The first-order chi connectivity index (χ1) is 11.0. The van der Waals surface area contributed by atoms with Crippen LogP contribution < -0.4 is 5.32 Å². The Balaban J connectivity index is 1.94. The van der Waals surface area contributed by atoms with E-state index >= 15 is 0 Å². The Kier molecular flexibility index (Phi) is 4.37. The van der Waals surface area contributed by atoms with Gasteiger partial charge >= 0.3 is 0 Å². The van der Waals surface area contributed by atoms with Crippen LogP contribution in [0.15, 0.2) is 12.3 Å². The van der Waals surface area contributed by atoms with E-state index in [1.54, 1.807) is 6.20 Å². The summed E-state index contributed by atoms with van der Waals surface area (Å²) in [6.07, 6.45) is 6.51. The highest BCUT2D eigenvalue weighted by Crippen LogP contribution is 2.25. The molecule has 0 saturated heterocycles. The number of fused-ring (bicyclic) bond motifs is 1. The fourth-order valence-corrected chi connectivity index (χ4v) is 3.49. The molecule has 1 N–H and O–H groups in total. The summed E-state index contributed by atoms with van der Waals surface area (Å²) >= 11 is 0. The lowest BCUT2D eigenvalue weighted by molar-refractivity contribution is 0.0912. The SMILES string of the molecule is Cc1cc(C(=O)NC2CCCCC2C)c2cnn(C(C)C)c2n1. The lowest BCUT2D eigenvalue weighted by atomic mass is 9.86. The van der Waals surface area contributed by atoms with Crippen LogP contribution in [0, 0.1) is 12.8 Å². The summed E-state index contributed by atoms with van der Waals surface area (Å²) in [6, 6.07) is 2.37. The second-order valence-corrected chi connectivity index (χ2v) is 7.07. The van der Waals surface area contributed by atoms with Crippen molar-refractivity contribution in [3.63, 3.8) is 0 Å². The van der Waals surface area contributed by atoms with E-state index in [1.165, 1.54) is 19.3 Å². The van der Waals surface area contributed by atoms with Crippen LogP contribution in [0.2, 0.25) is 0 Å². The molecule has 124 valence electrons. The maximum atomic E-state index is 12.8. The highest BCUT2D eigenvalue weighted by Gasteiger charge is 2.25. The molecule has 2 aromatic rings. The molecule has 2 unspecified atom stereocenters. The zero-order chi connectivity index (χ0) is 16.6. The summed E-state index contributed by atoms with van der Waals surface area (Å²) < 4.78 is 1.88. The molecule has 1 aliphatic rings. The van der Waals surface area contributed by atoms with Crippen molar-refractivity contribution in [3.05, 3.63) is 23.5 Å². The van der Waals surface area contributed by atoms with Gasteiger partial charge in [-0.2, -0.15) is 5.10 Å². The van der Waals surface area contributed by atoms with Gasteiger partial charge in [-0.05, 0) is 45.6 Å². The van der Waals surface area contributed by atoms with E-state index in [-0.39, 0.29) is 18.0 Å². The van der Waals surface area contributed by atoms with Crippen LogP contribution >= 0.6 is 0 Å². The maximum Gasteiger partial charge on any atom is 0.252 e. The van der Waals surface area contributed by atoms with Crippen molar-refractivity contribution < 1.29 is 4.79 Å². The third-order valence-corrected chi connectivity index (χ3v) is 4.86. The first-order valence-electron chi connectivity index (χ1n) is 8.63. The summed E-state index contributed by atoms with van der Waals surface area (Å²) in [5, 5.41) is 8.49. The van der Waals surface area contributed by atoms with Crippen LogP contribution in [-0.2, 0) is 0 Å². The number of carbonyl (C=O) groups excluding carboxylic acids is 1. The number of nitrogens with one attached hydrogen (secondary N) is 1. The zero-order valence-corrected chi connectivity index (χ0v) is 14.5. The molecule has 1 amide bonds. The molecule has 1 saturated carbocycles. The molecule has 3 rings (SSSR count). The van der Waals surface area contributed by atoms with E-state index in [9.17, 15) is 4.79 Å². The molecule has 0 spiro atoms. The first kappa shape index (κ1) is 16.0. The Labute approximate surface area is 137 Å². The number of amides is 1. The fraction of sp³-hybridized carbons (Fsp3) is 0.611. The van der Waals surface area contributed by atoms with Gasteiger partial charge in [0, 0.05) is 17.8 Å². The van der Waals surface area contributed by atoms with E-state index in [0.29, 0.717) is 11.5 Å². The summed E-state index contributed by atoms with van der Waals surface area (Å²) in [7, 11) is 0. The van der Waals surface area contributed by atoms with Crippen molar-refractivity contribution in [2.24, 2.45) is 5.92 Å². The average Bonchev–Trinajstić information content (AvgIpc) is 2.92. The van der Waals surface area contributed by atoms with Crippen molar-refractivity contribution >= 4 is 16.9 Å². The molecule has 5 nitrogen and oxygen atoms in total. The van der Waals surface area contributed by atoms with Crippen LogP contribution in [0.3, 0.4) is 0 Å². The van der Waals surface area contributed by atoms with Gasteiger partial charge in [0.2, 0.25) is 0 Å². The smallest absolute Gasteiger partial charge is 0.252 e. The molecular formula is C18H26N4O. The monoisotopic (exact) mass is 314 g/mol. The Morgan fingerprint density at radius 2 is 2.09 bits per heavy atom. The Morgan fingerprint density at radius 3 is 2.78 bits per heavy atom. The van der Waals surface area contributed by atoms with Gasteiger partial charge in [0.1, 0.15) is 0 Å². The van der Waals surface area contributed by atoms with E-state index in [4.69, 9.17) is 0 Å². The number of hydrogen-bond acceptors (Lipinski definition) is 3. The highest BCUT2D eigenvalue weighted by molar-refractivity contribution is 6.05. The van der Waals surface area contributed by atoms with Crippen LogP contribution in [-0.4, -0.2) is 26.7 Å². The van der Waals surface area contributed by atoms with Gasteiger partial charge in [-0.25, -0.2) is 9.67 Å². The van der Waals surface area contributed by atoms with Gasteiger partial charge < -0.3 is 5.32 Å². The van der Waals surface area contributed by atoms with Crippen LogP contribution in [0.5, 0.6) is 0 Å². The standard InChI is InChI=1S/C18H26N4O/c1-11(2)22-17-15(10-19-22)14(9-13(4)20-17)18(23)21-16-8-6-5-7-12(16)3/h9-12,16H,5-8H2,1-4H3,(H,21,23).